The van der Waals surface area contributed by atoms with Crippen LogP contribution in [0.3, 0.4) is 0 Å². The van der Waals surface area contributed by atoms with Gasteiger partial charge in [0.05, 0.1) is 23.0 Å². The van der Waals surface area contributed by atoms with Gasteiger partial charge in [-0.1, -0.05) is 0 Å². The third kappa shape index (κ3) is 2.94. The second-order valence-corrected chi connectivity index (χ2v) is 8.35. The summed E-state index contributed by atoms with van der Waals surface area (Å²) in [5, 5.41) is 8.42. The highest BCUT2D eigenvalue weighted by atomic mass is 15.3. The Bertz CT molecular complexity index is 1430. The Labute approximate surface area is 184 Å². The quantitative estimate of drug-likeness (QED) is 0.454. The molecule has 1 fully saturated rings. The Hall–Kier alpha value is -3.79. The first-order chi connectivity index (χ1) is 15.6. The molecule has 6 rings (SSSR count). The van der Waals surface area contributed by atoms with Gasteiger partial charge in [0.15, 0.2) is 17.1 Å². The summed E-state index contributed by atoms with van der Waals surface area (Å²) >= 11 is 0. The summed E-state index contributed by atoms with van der Waals surface area (Å²) in [6.45, 7) is 6.02. The molecule has 1 aliphatic rings. The molecule has 0 radical (unpaired) electrons. The normalized spacial score (nSPS) is 15.3. The molecular weight excluding hydrogens is 404 g/mol. The number of H-pyrrole nitrogens is 2. The summed E-state index contributed by atoms with van der Waals surface area (Å²) in [5.41, 5.74) is 6.22. The molecule has 0 unspecified atom stereocenters. The standard InChI is InChI=1S/C22H24N10/c1-13-24-12-17(31(13)3)14-10-15-18(28-29-20(15)25-11-14)22-26-19-16(4-5-23-21(19)27-22)32-8-6-30(2)7-9-32/h4-5,10-12H,6-9H2,1-3H3,(H,23,26,27)(H,25,28,29). The van der Waals surface area contributed by atoms with Gasteiger partial charge in [-0.25, -0.2) is 19.9 Å². The number of likely N-dealkylation sites (N-methyl/N-ethyl adjacent to an activating group) is 1. The van der Waals surface area contributed by atoms with E-state index in [1.807, 2.05) is 32.6 Å². The first-order valence-corrected chi connectivity index (χ1v) is 10.7. The van der Waals surface area contributed by atoms with Crippen molar-refractivity contribution < 1.29 is 0 Å². The van der Waals surface area contributed by atoms with Crippen LogP contribution in [0.1, 0.15) is 5.82 Å². The van der Waals surface area contributed by atoms with Gasteiger partial charge < -0.3 is 19.4 Å². The van der Waals surface area contributed by atoms with E-state index in [1.165, 1.54) is 0 Å². The van der Waals surface area contributed by atoms with Crippen molar-refractivity contribution in [3.05, 3.63) is 36.5 Å². The molecule has 10 nitrogen and oxygen atoms in total. The summed E-state index contributed by atoms with van der Waals surface area (Å²) in [5.74, 6) is 1.66. The van der Waals surface area contributed by atoms with E-state index in [4.69, 9.17) is 4.98 Å². The number of aromatic nitrogens is 8. The molecule has 0 saturated carbocycles. The van der Waals surface area contributed by atoms with E-state index in [9.17, 15) is 0 Å². The number of fused-ring (bicyclic) bond motifs is 2. The van der Waals surface area contributed by atoms with Gasteiger partial charge in [0.1, 0.15) is 17.0 Å². The van der Waals surface area contributed by atoms with Crippen LogP contribution in [0.2, 0.25) is 0 Å². The van der Waals surface area contributed by atoms with Crippen LogP contribution in [0.5, 0.6) is 0 Å². The Kier molecular flexibility index (Phi) is 4.22. The lowest BCUT2D eigenvalue weighted by molar-refractivity contribution is 0.313. The van der Waals surface area contributed by atoms with Crippen molar-refractivity contribution in [2.75, 3.05) is 38.1 Å². The fraction of sp³-hybridized carbons (Fsp3) is 0.318. The molecule has 5 aromatic heterocycles. The number of nitrogens with one attached hydrogen (secondary N) is 2. The number of anilines is 1. The lowest BCUT2D eigenvalue weighted by Crippen LogP contribution is -2.44. The molecular formula is C22H24N10. The third-order valence-corrected chi connectivity index (χ3v) is 6.38. The minimum Gasteiger partial charge on any atom is -0.367 e. The molecule has 0 bridgehead atoms. The number of imidazole rings is 2. The Balaban J connectivity index is 1.45. The van der Waals surface area contributed by atoms with Gasteiger partial charge in [-0.2, -0.15) is 5.10 Å². The molecule has 32 heavy (non-hydrogen) atoms. The second kappa shape index (κ2) is 7.13. The average Bonchev–Trinajstić information content (AvgIpc) is 3.50. The number of piperazine rings is 1. The van der Waals surface area contributed by atoms with Crippen molar-refractivity contribution in [2.24, 2.45) is 7.05 Å². The number of aryl methyl sites for hydroxylation is 1. The highest BCUT2D eigenvalue weighted by Gasteiger charge is 2.20. The fourth-order valence-corrected chi connectivity index (χ4v) is 4.32. The van der Waals surface area contributed by atoms with Gasteiger partial charge in [-0.15, -0.1) is 0 Å². The van der Waals surface area contributed by atoms with E-state index in [0.29, 0.717) is 17.1 Å². The maximum absolute atomic E-state index is 4.78. The van der Waals surface area contributed by atoms with Crippen LogP contribution in [-0.4, -0.2) is 77.8 Å². The average molecular weight is 429 g/mol. The Morgan fingerprint density at radius 3 is 2.59 bits per heavy atom. The van der Waals surface area contributed by atoms with E-state index in [-0.39, 0.29) is 0 Å². The number of hydrogen-bond acceptors (Lipinski definition) is 7. The molecule has 0 amide bonds. The second-order valence-electron chi connectivity index (χ2n) is 8.35. The lowest BCUT2D eigenvalue weighted by Gasteiger charge is -2.34. The van der Waals surface area contributed by atoms with E-state index in [0.717, 1.165) is 65.5 Å². The highest BCUT2D eigenvalue weighted by molar-refractivity contribution is 5.95. The largest absolute Gasteiger partial charge is 0.367 e. The van der Waals surface area contributed by atoms with Gasteiger partial charge in [0, 0.05) is 51.2 Å². The molecule has 2 N–H and O–H groups in total. The number of aromatic amines is 2. The van der Waals surface area contributed by atoms with Crippen molar-refractivity contribution in [1.82, 2.24) is 44.6 Å². The molecule has 0 aliphatic carbocycles. The summed E-state index contributed by atoms with van der Waals surface area (Å²) in [6, 6.07) is 4.14. The van der Waals surface area contributed by atoms with Crippen LogP contribution in [0.4, 0.5) is 5.69 Å². The summed E-state index contributed by atoms with van der Waals surface area (Å²) in [7, 11) is 4.16. The Morgan fingerprint density at radius 2 is 1.81 bits per heavy atom. The predicted molar refractivity (Wildman–Crippen MR) is 123 cm³/mol. The minimum atomic E-state index is 0.648. The molecule has 10 heteroatoms. The number of hydrogen-bond donors (Lipinski definition) is 2. The Morgan fingerprint density at radius 1 is 0.969 bits per heavy atom. The molecule has 1 saturated heterocycles. The zero-order valence-electron chi connectivity index (χ0n) is 18.3. The zero-order chi connectivity index (χ0) is 21.8. The molecule has 1 aliphatic heterocycles. The van der Waals surface area contributed by atoms with Crippen molar-refractivity contribution in [3.63, 3.8) is 0 Å². The molecule has 0 atom stereocenters. The van der Waals surface area contributed by atoms with E-state index in [1.54, 1.807) is 0 Å². The minimum absolute atomic E-state index is 0.648. The van der Waals surface area contributed by atoms with Crippen molar-refractivity contribution in [1.29, 1.82) is 0 Å². The van der Waals surface area contributed by atoms with Gasteiger partial charge in [0.25, 0.3) is 0 Å². The summed E-state index contributed by atoms with van der Waals surface area (Å²) in [4.78, 5) is 26.5. The number of rotatable bonds is 3. The third-order valence-electron chi connectivity index (χ3n) is 6.38. The SMILES string of the molecule is Cc1ncc(-c2cnc3n[nH]c(-c4nc5nccc(N6CCN(C)CC6)c5[nH]4)c3c2)n1C. The van der Waals surface area contributed by atoms with Crippen LogP contribution >= 0.6 is 0 Å². The predicted octanol–water partition coefficient (Wildman–Crippen LogP) is 2.36. The van der Waals surface area contributed by atoms with Crippen LogP contribution < -0.4 is 4.90 Å². The van der Waals surface area contributed by atoms with Gasteiger partial charge in [-0.3, -0.25) is 5.10 Å². The van der Waals surface area contributed by atoms with Crippen molar-refractivity contribution >= 4 is 27.9 Å². The van der Waals surface area contributed by atoms with Crippen LogP contribution in [0.15, 0.2) is 30.7 Å². The smallest absolute Gasteiger partial charge is 0.181 e. The monoisotopic (exact) mass is 428 g/mol. The summed E-state index contributed by atoms with van der Waals surface area (Å²) < 4.78 is 2.05. The molecule has 5 aromatic rings. The van der Waals surface area contributed by atoms with Crippen LogP contribution in [-0.2, 0) is 7.05 Å². The first kappa shape index (κ1) is 18.9. The first-order valence-electron chi connectivity index (χ1n) is 10.7. The molecule has 6 heterocycles. The molecule has 162 valence electrons. The van der Waals surface area contributed by atoms with Crippen LogP contribution in [0, 0.1) is 6.92 Å². The van der Waals surface area contributed by atoms with E-state index in [2.05, 4.69) is 63.7 Å². The van der Waals surface area contributed by atoms with Crippen LogP contribution in [0.25, 0.3) is 45.0 Å². The van der Waals surface area contributed by atoms with Gasteiger partial charge in [0.2, 0.25) is 0 Å². The van der Waals surface area contributed by atoms with Crippen molar-refractivity contribution in [3.8, 4) is 22.8 Å². The molecule has 0 aromatic carbocycles. The van der Waals surface area contributed by atoms with E-state index < -0.39 is 0 Å². The van der Waals surface area contributed by atoms with Crippen molar-refractivity contribution in [2.45, 2.75) is 6.92 Å². The van der Waals surface area contributed by atoms with Gasteiger partial charge in [-0.05, 0) is 26.1 Å². The number of pyridine rings is 2. The van der Waals surface area contributed by atoms with Gasteiger partial charge >= 0.3 is 0 Å². The summed E-state index contributed by atoms with van der Waals surface area (Å²) in [6.07, 6.45) is 5.52. The lowest BCUT2D eigenvalue weighted by atomic mass is 10.1. The zero-order valence-corrected chi connectivity index (χ0v) is 18.3. The highest BCUT2D eigenvalue weighted by Crippen LogP contribution is 2.31. The topological polar surface area (TPSA) is 107 Å². The fourth-order valence-electron chi connectivity index (χ4n) is 4.32. The number of nitrogens with zero attached hydrogens (tertiary/aromatic N) is 8. The molecule has 0 spiro atoms. The van der Waals surface area contributed by atoms with E-state index >= 15 is 0 Å². The maximum Gasteiger partial charge on any atom is 0.181 e. The maximum atomic E-state index is 4.78.